The number of carbonyl (C=O) groups excluding carboxylic acids is 1. The number of ether oxygens (including phenoxy) is 1. The Morgan fingerprint density at radius 3 is 2.69 bits per heavy atom. The molecule has 5 nitrogen and oxygen atoms in total. The fourth-order valence-electron chi connectivity index (χ4n) is 1.61. The third-order valence-corrected chi connectivity index (χ3v) is 3.11. The van der Waals surface area contributed by atoms with Gasteiger partial charge in [-0.25, -0.2) is 4.79 Å². The summed E-state index contributed by atoms with van der Waals surface area (Å²) in [5.41, 5.74) is -1.17. The minimum atomic E-state index is -1.17. The molecule has 0 aromatic carbocycles. The van der Waals surface area contributed by atoms with Crippen LogP contribution in [0.3, 0.4) is 0 Å². The molecule has 0 saturated carbocycles. The molecule has 16 heavy (non-hydrogen) atoms. The number of carbonyl (C=O) groups is 2. The highest BCUT2D eigenvalue weighted by Gasteiger charge is 2.35. The van der Waals surface area contributed by atoms with Gasteiger partial charge in [-0.1, -0.05) is 6.92 Å². The molecule has 0 aromatic heterocycles. The number of amides is 1. The Balaban J connectivity index is 2.57. The summed E-state index contributed by atoms with van der Waals surface area (Å²) in [6, 6.07) is 0. The maximum Gasteiger partial charge on any atom is 0.329 e. The van der Waals surface area contributed by atoms with Gasteiger partial charge in [0.15, 0.2) is 0 Å². The van der Waals surface area contributed by atoms with Gasteiger partial charge >= 0.3 is 5.97 Å². The molecule has 1 aliphatic heterocycles. The van der Waals surface area contributed by atoms with Gasteiger partial charge in [-0.2, -0.15) is 0 Å². The molecule has 1 heterocycles. The van der Waals surface area contributed by atoms with Crippen molar-refractivity contribution in [2.45, 2.75) is 38.6 Å². The molecule has 2 atom stereocenters. The number of rotatable bonds is 4. The maximum atomic E-state index is 11.8. The predicted molar refractivity (Wildman–Crippen MR) is 58.0 cm³/mol. The summed E-state index contributed by atoms with van der Waals surface area (Å²) in [6.07, 6.45) is 1.99. The quantitative estimate of drug-likeness (QED) is 0.747. The van der Waals surface area contributed by atoms with E-state index in [1.54, 1.807) is 6.92 Å². The van der Waals surface area contributed by atoms with E-state index in [-0.39, 0.29) is 11.8 Å². The summed E-state index contributed by atoms with van der Waals surface area (Å²) in [5, 5.41) is 11.6. The first kappa shape index (κ1) is 13.0. The molecule has 1 aliphatic rings. The summed E-state index contributed by atoms with van der Waals surface area (Å²) in [4.78, 5) is 22.8. The lowest BCUT2D eigenvalue weighted by Crippen LogP contribution is -2.54. The number of nitrogens with one attached hydrogen (secondary N) is 1. The zero-order valence-electron chi connectivity index (χ0n) is 9.78. The number of aliphatic carboxylic acids is 1. The van der Waals surface area contributed by atoms with Gasteiger partial charge in [-0.3, -0.25) is 4.79 Å². The number of carboxylic acids is 1. The molecule has 0 aromatic rings. The average Bonchev–Trinajstić information content (AvgIpc) is 2.29. The van der Waals surface area contributed by atoms with Crippen LogP contribution in [-0.2, 0) is 14.3 Å². The molecular weight excluding hydrogens is 210 g/mol. The Morgan fingerprint density at radius 2 is 2.25 bits per heavy atom. The van der Waals surface area contributed by atoms with Gasteiger partial charge in [0.05, 0.1) is 12.5 Å². The van der Waals surface area contributed by atoms with E-state index in [0.717, 1.165) is 12.8 Å². The largest absolute Gasteiger partial charge is 0.480 e. The van der Waals surface area contributed by atoms with Gasteiger partial charge in [0, 0.05) is 6.61 Å². The monoisotopic (exact) mass is 229 g/mol. The Labute approximate surface area is 95.2 Å². The van der Waals surface area contributed by atoms with Crippen molar-refractivity contribution < 1.29 is 19.4 Å². The van der Waals surface area contributed by atoms with Crippen molar-refractivity contribution in [2.75, 3.05) is 13.2 Å². The molecule has 5 heteroatoms. The fourth-order valence-corrected chi connectivity index (χ4v) is 1.61. The Hall–Kier alpha value is -1.10. The summed E-state index contributed by atoms with van der Waals surface area (Å²) in [6.45, 7) is 4.35. The second kappa shape index (κ2) is 5.30. The number of hydrogen-bond acceptors (Lipinski definition) is 3. The van der Waals surface area contributed by atoms with E-state index in [1.165, 1.54) is 6.92 Å². The van der Waals surface area contributed by atoms with Crippen LogP contribution < -0.4 is 5.32 Å². The summed E-state index contributed by atoms with van der Waals surface area (Å²) < 4.78 is 5.20. The van der Waals surface area contributed by atoms with E-state index in [9.17, 15) is 9.59 Å². The number of hydrogen-bond donors (Lipinski definition) is 2. The maximum absolute atomic E-state index is 11.8. The first-order valence-electron chi connectivity index (χ1n) is 5.63. The normalized spacial score (nSPS) is 24.5. The van der Waals surface area contributed by atoms with Crippen LogP contribution in [-0.4, -0.2) is 35.7 Å². The molecule has 0 aliphatic carbocycles. The SMILES string of the molecule is CCC(C)(NC(=O)C1CCCOC1)C(=O)O. The van der Waals surface area contributed by atoms with Crippen molar-refractivity contribution in [3.63, 3.8) is 0 Å². The lowest BCUT2D eigenvalue weighted by atomic mass is 9.95. The highest BCUT2D eigenvalue weighted by molar-refractivity contribution is 5.87. The van der Waals surface area contributed by atoms with Crippen LogP contribution in [0.1, 0.15) is 33.1 Å². The lowest BCUT2D eigenvalue weighted by Gasteiger charge is -2.28. The minimum absolute atomic E-state index is 0.209. The second-order valence-corrected chi connectivity index (χ2v) is 4.39. The zero-order chi connectivity index (χ0) is 12.2. The Morgan fingerprint density at radius 1 is 1.56 bits per heavy atom. The molecule has 0 bridgehead atoms. The van der Waals surface area contributed by atoms with Crippen LogP contribution in [0.5, 0.6) is 0 Å². The Bertz CT molecular complexity index is 273. The van der Waals surface area contributed by atoms with Crippen LogP contribution in [0.15, 0.2) is 0 Å². The summed E-state index contributed by atoms with van der Waals surface area (Å²) >= 11 is 0. The first-order valence-corrected chi connectivity index (χ1v) is 5.63. The third kappa shape index (κ3) is 2.95. The van der Waals surface area contributed by atoms with Gasteiger partial charge in [-0.05, 0) is 26.2 Å². The van der Waals surface area contributed by atoms with Crippen LogP contribution in [0, 0.1) is 5.92 Å². The number of carboxylic acid groups (broad SMARTS) is 1. The van der Waals surface area contributed by atoms with Crippen LogP contribution in [0.2, 0.25) is 0 Å². The summed E-state index contributed by atoms with van der Waals surface area (Å²) in [7, 11) is 0. The highest BCUT2D eigenvalue weighted by Crippen LogP contribution is 2.16. The van der Waals surface area contributed by atoms with Crippen molar-refractivity contribution in [2.24, 2.45) is 5.92 Å². The van der Waals surface area contributed by atoms with E-state index >= 15 is 0 Å². The highest BCUT2D eigenvalue weighted by atomic mass is 16.5. The van der Waals surface area contributed by atoms with Gasteiger partial charge in [0.2, 0.25) is 5.91 Å². The average molecular weight is 229 g/mol. The van der Waals surface area contributed by atoms with E-state index < -0.39 is 11.5 Å². The van der Waals surface area contributed by atoms with E-state index in [2.05, 4.69) is 5.32 Å². The molecule has 0 spiro atoms. The predicted octanol–water partition coefficient (Wildman–Crippen LogP) is 0.782. The molecule has 1 fully saturated rings. The lowest BCUT2D eigenvalue weighted by molar-refractivity contribution is -0.148. The van der Waals surface area contributed by atoms with Crippen molar-refractivity contribution in [3.05, 3.63) is 0 Å². The molecule has 2 unspecified atom stereocenters. The van der Waals surface area contributed by atoms with E-state index in [0.29, 0.717) is 19.6 Å². The molecule has 1 rings (SSSR count). The van der Waals surface area contributed by atoms with Crippen LogP contribution >= 0.6 is 0 Å². The molecule has 1 saturated heterocycles. The molecule has 1 amide bonds. The van der Waals surface area contributed by atoms with E-state index in [1.807, 2.05) is 0 Å². The van der Waals surface area contributed by atoms with Crippen LogP contribution in [0.4, 0.5) is 0 Å². The van der Waals surface area contributed by atoms with E-state index in [4.69, 9.17) is 9.84 Å². The zero-order valence-corrected chi connectivity index (χ0v) is 9.78. The van der Waals surface area contributed by atoms with Gasteiger partial charge in [0.1, 0.15) is 5.54 Å². The first-order chi connectivity index (χ1) is 7.49. The van der Waals surface area contributed by atoms with Crippen molar-refractivity contribution in [1.29, 1.82) is 0 Å². The fraction of sp³-hybridized carbons (Fsp3) is 0.818. The smallest absolute Gasteiger partial charge is 0.329 e. The van der Waals surface area contributed by atoms with Crippen molar-refractivity contribution >= 4 is 11.9 Å². The van der Waals surface area contributed by atoms with Crippen molar-refractivity contribution in [3.8, 4) is 0 Å². The Kier molecular flexibility index (Phi) is 4.29. The van der Waals surface area contributed by atoms with Gasteiger partial charge in [0.25, 0.3) is 0 Å². The van der Waals surface area contributed by atoms with Gasteiger partial charge < -0.3 is 15.2 Å². The standard InChI is InChI=1S/C11H19NO4/c1-3-11(2,10(14)15)12-9(13)8-5-4-6-16-7-8/h8H,3-7H2,1-2H3,(H,12,13)(H,14,15). The molecule has 92 valence electrons. The van der Waals surface area contributed by atoms with Crippen molar-refractivity contribution in [1.82, 2.24) is 5.32 Å². The second-order valence-electron chi connectivity index (χ2n) is 4.39. The topological polar surface area (TPSA) is 75.6 Å². The molecule has 0 radical (unpaired) electrons. The summed E-state index contributed by atoms with van der Waals surface area (Å²) in [5.74, 6) is -1.43. The van der Waals surface area contributed by atoms with Crippen LogP contribution in [0.25, 0.3) is 0 Å². The molecule has 2 N–H and O–H groups in total. The molecular formula is C11H19NO4. The minimum Gasteiger partial charge on any atom is -0.480 e. The third-order valence-electron chi connectivity index (χ3n) is 3.11. The van der Waals surface area contributed by atoms with Gasteiger partial charge in [-0.15, -0.1) is 0 Å².